The summed E-state index contributed by atoms with van der Waals surface area (Å²) >= 11 is 0. The fourth-order valence-electron chi connectivity index (χ4n) is 1.52. The number of sulfone groups is 1. The highest BCUT2D eigenvalue weighted by Gasteiger charge is 2.29. The van der Waals surface area contributed by atoms with Gasteiger partial charge in [-0.3, -0.25) is 0 Å². The van der Waals surface area contributed by atoms with Crippen LogP contribution in [0.15, 0.2) is 29.2 Å². The van der Waals surface area contributed by atoms with Crippen LogP contribution in [0, 0.1) is 0 Å². The van der Waals surface area contributed by atoms with Gasteiger partial charge in [0.05, 0.1) is 10.6 Å². The van der Waals surface area contributed by atoms with Gasteiger partial charge in [-0.1, -0.05) is 12.1 Å². The SMILES string of the molecule is CC(CCN)Nc1ccccc1S(=O)(=O)C(F)F. The van der Waals surface area contributed by atoms with Crippen molar-refractivity contribution in [3.8, 4) is 0 Å². The van der Waals surface area contributed by atoms with Crippen molar-refractivity contribution < 1.29 is 17.2 Å². The van der Waals surface area contributed by atoms with Gasteiger partial charge < -0.3 is 11.1 Å². The molecule has 18 heavy (non-hydrogen) atoms. The van der Waals surface area contributed by atoms with Crippen LogP contribution in [0.2, 0.25) is 0 Å². The zero-order chi connectivity index (χ0) is 13.8. The van der Waals surface area contributed by atoms with Gasteiger partial charge >= 0.3 is 5.76 Å². The van der Waals surface area contributed by atoms with Crippen molar-refractivity contribution in [2.24, 2.45) is 5.73 Å². The number of rotatable bonds is 6. The fraction of sp³-hybridized carbons (Fsp3) is 0.455. The summed E-state index contributed by atoms with van der Waals surface area (Å²) in [5, 5.41) is 2.88. The van der Waals surface area contributed by atoms with Gasteiger partial charge in [-0.15, -0.1) is 0 Å². The first-order valence-corrected chi connectivity index (χ1v) is 7.02. The Hall–Kier alpha value is -1.21. The van der Waals surface area contributed by atoms with E-state index in [-0.39, 0.29) is 16.6 Å². The lowest BCUT2D eigenvalue weighted by Gasteiger charge is -2.17. The highest BCUT2D eigenvalue weighted by molar-refractivity contribution is 7.91. The first-order valence-electron chi connectivity index (χ1n) is 5.47. The third-order valence-corrected chi connectivity index (χ3v) is 3.87. The van der Waals surface area contributed by atoms with E-state index in [2.05, 4.69) is 5.32 Å². The Morgan fingerprint density at radius 2 is 1.94 bits per heavy atom. The Labute approximate surface area is 105 Å². The Balaban J connectivity index is 3.08. The van der Waals surface area contributed by atoms with Crippen LogP contribution < -0.4 is 11.1 Å². The molecule has 0 fully saturated rings. The van der Waals surface area contributed by atoms with Crippen LogP contribution in [-0.2, 0) is 9.84 Å². The number of nitrogens with two attached hydrogens (primary N) is 1. The van der Waals surface area contributed by atoms with Gasteiger partial charge in [0.1, 0.15) is 0 Å². The fourth-order valence-corrected chi connectivity index (χ4v) is 2.41. The van der Waals surface area contributed by atoms with Gasteiger partial charge in [-0.2, -0.15) is 8.78 Å². The van der Waals surface area contributed by atoms with E-state index >= 15 is 0 Å². The lowest BCUT2D eigenvalue weighted by atomic mass is 10.2. The lowest BCUT2D eigenvalue weighted by molar-refractivity contribution is 0.235. The van der Waals surface area contributed by atoms with Gasteiger partial charge in [0.2, 0.25) is 9.84 Å². The van der Waals surface area contributed by atoms with E-state index in [4.69, 9.17) is 5.73 Å². The summed E-state index contributed by atoms with van der Waals surface area (Å²) in [5.41, 5.74) is 5.56. The molecule has 0 amide bonds. The number of benzene rings is 1. The van der Waals surface area contributed by atoms with Crippen LogP contribution in [0.4, 0.5) is 14.5 Å². The summed E-state index contributed by atoms with van der Waals surface area (Å²) in [6.07, 6.45) is 0.614. The Bertz CT molecular complexity index is 492. The van der Waals surface area contributed by atoms with Crippen molar-refractivity contribution in [3.05, 3.63) is 24.3 Å². The Kier molecular flexibility index (Phi) is 5.03. The third-order valence-electron chi connectivity index (χ3n) is 2.43. The number of para-hydroxylation sites is 1. The molecule has 0 saturated heterocycles. The number of hydrogen-bond donors (Lipinski definition) is 2. The maximum absolute atomic E-state index is 12.5. The molecule has 0 bridgehead atoms. The zero-order valence-corrected chi connectivity index (χ0v) is 10.8. The molecule has 0 heterocycles. The summed E-state index contributed by atoms with van der Waals surface area (Å²) < 4.78 is 48.0. The second kappa shape index (κ2) is 6.10. The van der Waals surface area contributed by atoms with Crippen molar-refractivity contribution in [3.63, 3.8) is 0 Å². The predicted molar refractivity (Wildman–Crippen MR) is 66.4 cm³/mol. The van der Waals surface area contributed by atoms with E-state index in [1.807, 2.05) is 0 Å². The van der Waals surface area contributed by atoms with E-state index in [1.165, 1.54) is 18.2 Å². The molecule has 1 unspecified atom stereocenters. The zero-order valence-electron chi connectivity index (χ0n) is 9.94. The van der Waals surface area contributed by atoms with Crippen molar-refractivity contribution >= 4 is 15.5 Å². The molecule has 0 radical (unpaired) electrons. The van der Waals surface area contributed by atoms with Crippen LogP contribution in [-0.4, -0.2) is 26.8 Å². The maximum Gasteiger partial charge on any atom is 0.341 e. The molecule has 7 heteroatoms. The molecule has 102 valence electrons. The first-order chi connectivity index (χ1) is 8.39. The van der Waals surface area contributed by atoms with Gasteiger partial charge in [-0.05, 0) is 32.0 Å². The number of halogens is 2. The highest BCUT2D eigenvalue weighted by atomic mass is 32.2. The van der Waals surface area contributed by atoms with Gasteiger partial charge in [0, 0.05) is 6.04 Å². The topological polar surface area (TPSA) is 72.2 Å². The second-order valence-electron chi connectivity index (χ2n) is 3.92. The molecule has 0 aliphatic heterocycles. The molecule has 0 aromatic heterocycles. The largest absolute Gasteiger partial charge is 0.381 e. The minimum Gasteiger partial charge on any atom is -0.381 e. The molecular weight excluding hydrogens is 262 g/mol. The van der Waals surface area contributed by atoms with E-state index in [1.54, 1.807) is 13.0 Å². The van der Waals surface area contributed by atoms with Crippen molar-refractivity contribution in [2.45, 2.75) is 30.0 Å². The minimum atomic E-state index is -4.60. The summed E-state index contributed by atoms with van der Waals surface area (Å²) in [7, 11) is -4.60. The van der Waals surface area contributed by atoms with Gasteiger partial charge in [0.25, 0.3) is 0 Å². The molecule has 1 aromatic rings. The van der Waals surface area contributed by atoms with Crippen LogP contribution >= 0.6 is 0 Å². The minimum absolute atomic E-state index is 0.0935. The Morgan fingerprint density at radius 1 is 1.33 bits per heavy atom. The molecule has 1 rings (SSSR count). The number of nitrogens with one attached hydrogen (secondary N) is 1. The van der Waals surface area contributed by atoms with E-state index in [0.717, 1.165) is 0 Å². The summed E-state index contributed by atoms with van der Waals surface area (Å²) in [5.74, 6) is -3.43. The quantitative estimate of drug-likeness (QED) is 0.832. The maximum atomic E-state index is 12.5. The normalized spacial score (nSPS) is 13.6. The van der Waals surface area contributed by atoms with Crippen LogP contribution in [0.25, 0.3) is 0 Å². The molecule has 0 spiro atoms. The average Bonchev–Trinajstić information content (AvgIpc) is 2.29. The van der Waals surface area contributed by atoms with Crippen molar-refractivity contribution in [1.29, 1.82) is 0 Å². The molecule has 4 nitrogen and oxygen atoms in total. The monoisotopic (exact) mass is 278 g/mol. The summed E-state index contributed by atoms with van der Waals surface area (Å²) in [6.45, 7) is 2.23. The number of hydrogen-bond acceptors (Lipinski definition) is 4. The first kappa shape index (κ1) is 14.8. The molecule has 0 aliphatic carbocycles. The van der Waals surface area contributed by atoms with E-state index in [9.17, 15) is 17.2 Å². The number of alkyl halides is 2. The van der Waals surface area contributed by atoms with Crippen molar-refractivity contribution in [1.82, 2.24) is 0 Å². The van der Waals surface area contributed by atoms with Crippen LogP contribution in [0.1, 0.15) is 13.3 Å². The van der Waals surface area contributed by atoms with Gasteiger partial charge in [-0.25, -0.2) is 8.42 Å². The predicted octanol–water partition coefficient (Wildman–Crippen LogP) is 1.83. The van der Waals surface area contributed by atoms with Crippen LogP contribution in [0.5, 0.6) is 0 Å². The highest BCUT2D eigenvalue weighted by Crippen LogP contribution is 2.26. The molecular formula is C11H16F2N2O2S. The standard InChI is InChI=1S/C11H16F2N2O2S/c1-8(6-7-14)15-9-4-2-3-5-10(9)18(16,17)11(12)13/h2-5,8,11,15H,6-7,14H2,1H3. The summed E-state index contributed by atoms with van der Waals surface area (Å²) in [4.78, 5) is -0.385. The smallest absolute Gasteiger partial charge is 0.341 e. The molecule has 0 saturated carbocycles. The third kappa shape index (κ3) is 3.39. The summed E-state index contributed by atoms with van der Waals surface area (Å²) in [6, 6.07) is 5.53. The number of anilines is 1. The Morgan fingerprint density at radius 3 is 2.50 bits per heavy atom. The lowest BCUT2D eigenvalue weighted by Crippen LogP contribution is -2.21. The van der Waals surface area contributed by atoms with Crippen molar-refractivity contribution in [2.75, 3.05) is 11.9 Å². The molecule has 3 N–H and O–H groups in total. The second-order valence-corrected chi connectivity index (χ2v) is 5.81. The van der Waals surface area contributed by atoms with Gasteiger partial charge in [0.15, 0.2) is 0 Å². The molecule has 1 aromatic carbocycles. The van der Waals surface area contributed by atoms with E-state index < -0.39 is 15.6 Å². The van der Waals surface area contributed by atoms with Crippen LogP contribution in [0.3, 0.4) is 0 Å². The molecule has 1 atom stereocenters. The van der Waals surface area contributed by atoms with E-state index in [0.29, 0.717) is 13.0 Å². The molecule has 0 aliphatic rings. The average molecular weight is 278 g/mol.